The molecule has 2 aromatic carbocycles. The summed E-state index contributed by atoms with van der Waals surface area (Å²) < 4.78 is 23.9. The van der Waals surface area contributed by atoms with Gasteiger partial charge in [0.25, 0.3) is 5.91 Å². The van der Waals surface area contributed by atoms with Crippen LogP contribution in [0.1, 0.15) is 30.8 Å². The second-order valence-corrected chi connectivity index (χ2v) is 7.49. The van der Waals surface area contributed by atoms with Crippen LogP contribution in [0.2, 0.25) is 0 Å². The number of fused-ring (bicyclic) bond motifs is 1. The first-order chi connectivity index (χ1) is 15.6. The molecule has 164 valence electrons. The normalized spacial score (nSPS) is 20.0. The minimum Gasteiger partial charge on any atom is -0.494 e. The maximum absolute atomic E-state index is 13.1. The van der Waals surface area contributed by atoms with E-state index >= 15 is 0 Å². The molecule has 32 heavy (non-hydrogen) atoms. The van der Waals surface area contributed by atoms with Crippen molar-refractivity contribution in [1.29, 1.82) is 0 Å². The number of ether oxygens (including phenoxy) is 1. The van der Waals surface area contributed by atoms with Crippen molar-refractivity contribution in [2.75, 3.05) is 6.61 Å². The Kier molecular flexibility index (Phi) is 5.28. The zero-order chi connectivity index (χ0) is 22.1. The van der Waals surface area contributed by atoms with Crippen molar-refractivity contribution in [3.8, 4) is 17.1 Å². The summed E-state index contributed by atoms with van der Waals surface area (Å²) in [5, 5.41) is 11.2. The number of hydrogen-bond donors (Lipinski definition) is 1. The predicted octanol–water partition coefficient (Wildman–Crippen LogP) is 2.88. The third kappa shape index (κ3) is 3.92. The number of halogens is 1. The minimum absolute atomic E-state index is 0.0143. The molecule has 0 saturated carbocycles. The predicted molar refractivity (Wildman–Crippen MR) is 112 cm³/mol. The monoisotopic (exact) mass is 436 g/mol. The van der Waals surface area contributed by atoms with Crippen molar-refractivity contribution in [2.45, 2.75) is 32.0 Å². The molecule has 3 heterocycles. The fraction of sp³-hybridized carbons (Fsp3) is 0.273. The zero-order valence-electron chi connectivity index (χ0n) is 17.3. The zero-order valence-corrected chi connectivity index (χ0v) is 17.3. The lowest BCUT2D eigenvalue weighted by Crippen LogP contribution is -2.50. The molecule has 10 heteroatoms. The lowest BCUT2D eigenvalue weighted by molar-refractivity contribution is -0.137. The Morgan fingerprint density at radius 1 is 1.19 bits per heavy atom. The summed E-state index contributed by atoms with van der Waals surface area (Å²) in [6, 6.07) is 13.2. The Morgan fingerprint density at radius 2 is 1.97 bits per heavy atom. The van der Waals surface area contributed by atoms with E-state index in [0.717, 1.165) is 11.3 Å². The lowest BCUT2D eigenvalue weighted by Gasteiger charge is -2.29. The third-order valence-corrected chi connectivity index (χ3v) is 5.40. The van der Waals surface area contributed by atoms with Crippen molar-refractivity contribution in [3.63, 3.8) is 0 Å². The molecule has 2 atom stereocenters. The molecule has 5 rings (SSSR count). The first kappa shape index (κ1) is 20.1. The summed E-state index contributed by atoms with van der Waals surface area (Å²) >= 11 is 0. The largest absolute Gasteiger partial charge is 0.494 e. The van der Waals surface area contributed by atoms with Gasteiger partial charge in [-0.05, 0) is 55.3 Å². The van der Waals surface area contributed by atoms with Crippen molar-refractivity contribution < 1.29 is 18.4 Å². The fourth-order valence-electron chi connectivity index (χ4n) is 3.80. The average molecular weight is 436 g/mol. The molecule has 3 aromatic rings. The van der Waals surface area contributed by atoms with Crippen LogP contribution in [-0.4, -0.2) is 45.1 Å². The Bertz CT molecular complexity index is 1130. The highest BCUT2D eigenvalue weighted by molar-refractivity contribution is 5.87. The average Bonchev–Trinajstić information content (AvgIpc) is 3.45. The SMILES string of the molecule is CCOc1ccc(C2CC3C(=O)N(Cc4nc(-c5ccc(F)cc5)no4)N=CN3N2)cc1. The molecule has 2 aliphatic heterocycles. The third-order valence-electron chi connectivity index (χ3n) is 5.40. The van der Waals surface area contributed by atoms with E-state index in [9.17, 15) is 9.18 Å². The number of nitrogens with one attached hydrogen (secondary N) is 1. The summed E-state index contributed by atoms with van der Waals surface area (Å²) in [5.74, 6) is 0.889. The van der Waals surface area contributed by atoms with E-state index < -0.39 is 0 Å². The number of benzene rings is 2. The van der Waals surface area contributed by atoms with E-state index in [1.165, 1.54) is 17.1 Å². The van der Waals surface area contributed by atoms with Crippen molar-refractivity contribution in [3.05, 3.63) is 65.8 Å². The van der Waals surface area contributed by atoms with Crippen molar-refractivity contribution in [2.24, 2.45) is 5.10 Å². The molecule has 0 bridgehead atoms. The molecular weight excluding hydrogens is 415 g/mol. The topological polar surface area (TPSA) is 96.1 Å². The molecule has 1 aromatic heterocycles. The number of aromatic nitrogens is 2. The van der Waals surface area contributed by atoms with E-state index in [0.29, 0.717) is 24.4 Å². The van der Waals surface area contributed by atoms with Gasteiger partial charge in [0.05, 0.1) is 12.6 Å². The Morgan fingerprint density at radius 3 is 2.72 bits per heavy atom. The molecule has 0 aliphatic carbocycles. The molecule has 1 N–H and O–H groups in total. The lowest BCUT2D eigenvalue weighted by atomic mass is 10.0. The van der Waals surface area contributed by atoms with Crippen LogP contribution < -0.4 is 10.2 Å². The Labute approximate surface area is 183 Å². The molecule has 1 amide bonds. The number of carbonyl (C=O) groups excluding carboxylic acids is 1. The van der Waals surface area contributed by atoms with Gasteiger partial charge in [0, 0.05) is 5.56 Å². The van der Waals surface area contributed by atoms with Crippen LogP contribution in [0.25, 0.3) is 11.4 Å². The summed E-state index contributed by atoms with van der Waals surface area (Å²) in [5.41, 5.74) is 5.01. The van der Waals surface area contributed by atoms with Crippen LogP contribution in [-0.2, 0) is 11.3 Å². The molecule has 2 unspecified atom stereocenters. The van der Waals surface area contributed by atoms with Crippen LogP contribution in [0.5, 0.6) is 5.75 Å². The highest BCUT2D eigenvalue weighted by Crippen LogP contribution is 2.31. The van der Waals surface area contributed by atoms with Crippen molar-refractivity contribution >= 4 is 12.2 Å². The molecule has 1 fully saturated rings. The number of amides is 1. The van der Waals surface area contributed by atoms with Gasteiger partial charge in [0.1, 0.15) is 30.5 Å². The van der Waals surface area contributed by atoms with Crippen LogP contribution in [0, 0.1) is 5.82 Å². The number of hydrazine groups is 1. The van der Waals surface area contributed by atoms with E-state index in [2.05, 4.69) is 20.7 Å². The van der Waals surface area contributed by atoms with E-state index in [1.807, 2.05) is 31.2 Å². The fourth-order valence-corrected chi connectivity index (χ4v) is 3.80. The van der Waals surface area contributed by atoms with Crippen LogP contribution in [0.4, 0.5) is 4.39 Å². The molecule has 0 radical (unpaired) electrons. The summed E-state index contributed by atoms with van der Waals surface area (Å²) in [4.78, 5) is 17.3. The molecular formula is C22H21FN6O3. The van der Waals surface area contributed by atoms with Gasteiger partial charge in [-0.15, -0.1) is 0 Å². The summed E-state index contributed by atoms with van der Waals surface area (Å²) in [7, 11) is 0. The van der Waals surface area contributed by atoms with E-state index in [1.54, 1.807) is 23.5 Å². The molecule has 2 aliphatic rings. The summed E-state index contributed by atoms with van der Waals surface area (Å²) in [6.07, 6.45) is 2.19. The number of hydrogen-bond acceptors (Lipinski definition) is 8. The van der Waals surface area contributed by atoms with Gasteiger partial charge in [-0.1, -0.05) is 17.3 Å². The van der Waals surface area contributed by atoms with E-state index in [4.69, 9.17) is 9.26 Å². The number of rotatable bonds is 6. The quantitative estimate of drug-likeness (QED) is 0.635. The second kappa shape index (κ2) is 8.39. The van der Waals surface area contributed by atoms with Gasteiger partial charge in [-0.25, -0.2) is 14.8 Å². The molecule has 1 saturated heterocycles. The summed E-state index contributed by atoms with van der Waals surface area (Å²) in [6.45, 7) is 2.61. The van der Waals surface area contributed by atoms with Gasteiger partial charge in [0.2, 0.25) is 11.7 Å². The number of carbonyl (C=O) groups is 1. The van der Waals surface area contributed by atoms with Gasteiger partial charge < -0.3 is 9.26 Å². The first-order valence-electron chi connectivity index (χ1n) is 10.3. The van der Waals surface area contributed by atoms with Gasteiger partial charge >= 0.3 is 0 Å². The highest BCUT2D eigenvalue weighted by atomic mass is 19.1. The molecule has 0 spiro atoms. The van der Waals surface area contributed by atoms with Gasteiger partial charge in [-0.3, -0.25) is 9.80 Å². The van der Waals surface area contributed by atoms with Gasteiger partial charge in [0.15, 0.2) is 0 Å². The smallest absolute Gasteiger partial charge is 0.267 e. The van der Waals surface area contributed by atoms with E-state index in [-0.39, 0.29) is 36.2 Å². The van der Waals surface area contributed by atoms with Crippen LogP contribution in [0.15, 0.2) is 58.2 Å². The number of hydrazone groups is 1. The minimum atomic E-state index is -0.386. The van der Waals surface area contributed by atoms with Gasteiger partial charge in [-0.2, -0.15) is 10.1 Å². The van der Waals surface area contributed by atoms with Crippen LogP contribution >= 0.6 is 0 Å². The van der Waals surface area contributed by atoms with Crippen LogP contribution in [0.3, 0.4) is 0 Å². The Balaban J connectivity index is 1.25. The maximum Gasteiger partial charge on any atom is 0.267 e. The highest BCUT2D eigenvalue weighted by Gasteiger charge is 2.41. The maximum atomic E-state index is 13.1. The number of nitrogens with zero attached hydrogens (tertiary/aromatic N) is 5. The standard InChI is InChI=1S/C22H21FN6O3/c1-2-31-17-9-5-14(6-10-17)18-11-19-22(30)28(24-13-29(19)26-18)12-20-25-21(27-32-20)15-3-7-16(23)8-4-15/h3-10,13,18-19,26H,2,11-12H2,1H3. The molecule has 9 nitrogen and oxygen atoms in total. The Hall–Kier alpha value is -3.79. The van der Waals surface area contributed by atoms with Crippen molar-refractivity contribution in [1.82, 2.24) is 25.6 Å². The second-order valence-electron chi connectivity index (χ2n) is 7.49. The first-order valence-corrected chi connectivity index (χ1v) is 10.3.